The van der Waals surface area contributed by atoms with E-state index in [0.29, 0.717) is 48.2 Å². The van der Waals surface area contributed by atoms with Crippen LogP contribution in [0.3, 0.4) is 0 Å². The van der Waals surface area contributed by atoms with Crippen molar-refractivity contribution < 1.29 is 18.7 Å². The van der Waals surface area contributed by atoms with Gasteiger partial charge in [-0.2, -0.15) is 0 Å². The van der Waals surface area contributed by atoms with E-state index in [1.54, 1.807) is 40.9 Å². The van der Waals surface area contributed by atoms with Gasteiger partial charge in [-0.05, 0) is 77.4 Å². The van der Waals surface area contributed by atoms with Gasteiger partial charge in [0.1, 0.15) is 17.1 Å². The molecule has 0 unspecified atom stereocenters. The van der Waals surface area contributed by atoms with E-state index in [0.717, 1.165) is 44.4 Å². The minimum Gasteiger partial charge on any atom is -0.443 e. The lowest BCUT2D eigenvalue weighted by Crippen LogP contribution is -2.43. The van der Waals surface area contributed by atoms with Crippen LogP contribution in [0.15, 0.2) is 30.6 Å². The first-order chi connectivity index (χ1) is 20.0. The first kappa shape index (κ1) is 29.4. The molecule has 1 fully saturated rings. The first-order valence-electron chi connectivity index (χ1n) is 14.5. The average Bonchev–Trinajstić information content (AvgIpc) is 3.30. The lowest BCUT2D eigenvalue weighted by Gasteiger charge is -2.35. The number of likely N-dealkylation sites (tertiary alicyclic amines) is 1. The Labute approximate surface area is 245 Å². The Morgan fingerprint density at radius 1 is 1.21 bits per heavy atom. The minimum absolute atomic E-state index is 0.0824. The van der Waals surface area contributed by atoms with Gasteiger partial charge in [0.2, 0.25) is 5.95 Å². The summed E-state index contributed by atoms with van der Waals surface area (Å²) in [6.45, 7) is 11.9. The summed E-state index contributed by atoms with van der Waals surface area (Å²) in [7, 11) is 1.80. The number of carbonyl (C=O) groups is 2. The van der Waals surface area contributed by atoms with Gasteiger partial charge in [-0.3, -0.25) is 9.69 Å². The third kappa shape index (κ3) is 6.53. The van der Waals surface area contributed by atoms with Crippen LogP contribution >= 0.6 is 0 Å². The lowest BCUT2D eigenvalue weighted by atomic mass is 9.96. The van der Waals surface area contributed by atoms with E-state index in [1.165, 1.54) is 0 Å². The number of nitrogens with one attached hydrogen (secondary N) is 2. The molecular formula is C30H39FN8O3. The van der Waals surface area contributed by atoms with Crippen molar-refractivity contribution >= 4 is 29.5 Å². The van der Waals surface area contributed by atoms with Crippen LogP contribution in [0.25, 0.3) is 11.4 Å². The number of hydrogen-bond acceptors (Lipinski definition) is 8. The number of amides is 2. The number of piperidine rings is 1. The van der Waals surface area contributed by atoms with E-state index >= 15 is 0 Å². The molecule has 2 aliphatic heterocycles. The number of halogens is 1. The van der Waals surface area contributed by atoms with Gasteiger partial charge in [-0.25, -0.2) is 24.1 Å². The molecule has 12 heteroatoms. The van der Waals surface area contributed by atoms with E-state index < -0.39 is 17.5 Å². The highest BCUT2D eigenvalue weighted by Gasteiger charge is 2.29. The molecule has 2 aliphatic rings. The number of pyridine rings is 1. The second-order valence-electron chi connectivity index (χ2n) is 11.8. The normalized spacial score (nSPS) is 16.1. The van der Waals surface area contributed by atoms with Crippen molar-refractivity contribution in [1.82, 2.24) is 29.7 Å². The fourth-order valence-corrected chi connectivity index (χ4v) is 5.45. The van der Waals surface area contributed by atoms with Crippen molar-refractivity contribution in [2.24, 2.45) is 13.0 Å². The highest BCUT2D eigenvalue weighted by Crippen LogP contribution is 2.29. The summed E-state index contributed by atoms with van der Waals surface area (Å²) in [5.41, 5.74) is 1.92. The zero-order valence-corrected chi connectivity index (χ0v) is 24.9. The standard InChI is InChI=1S/C30H39FN8O3/c1-6-38-13-10-19(11-14-38)18-39(29(41)42-30(2,3)4)20-7-8-25(33-16-20)35-28-34-17-22(31)26(36-28)24-15-21-23(37(24)5)9-12-32-27(21)40/h7-8,15-17,19H,6,9-14,18H2,1-5H3,(H,32,40)(H,33,34,35,36). The van der Waals surface area contributed by atoms with Crippen LogP contribution in [0.1, 0.15) is 56.6 Å². The first-order valence-corrected chi connectivity index (χ1v) is 14.5. The zero-order valence-electron chi connectivity index (χ0n) is 24.9. The van der Waals surface area contributed by atoms with Gasteiger partial charge < -0.3 is 24.8 Å². The summed E-state index contributed by atoms with van der Waals surface area (Å²) in [4.78, 5) is 42.6. The lowest BCUT2D eigenvalue weighted by molar-refractivity contribution is 0.0568. The van der Waals surface area contributed by atoms with E-state index in [-0.39, 0.29) is 17.5 Å². The maximum Gasteiger partial charge on any atom is 0.414 e. The van der Waals surface area contributed by atoms with Crippen molar-refractivity contribution in [2.45, 2.75) is 52.6 Å². The molecule has 3 aromatic heterocycles. The Balaban J connectivity index is 1.34. The molecule has 0 atom stereocenters. The van der Waals surface area contributed by atoms with Crippen LogP contribution in [0.5, 0.6) is 0 Å². The molecule has 0 bridgehead atoms. The topological polar surface area (TPSA) is 118 Å². The van der Waals surface area contributed by atoms with Crippen LogP contribution in [0, 0.1) is 11.7 Å². The van der Waals surface area contributed by atoms with E-state index in [9.17, 15) is 14.0 Å². The molecule has 5 rings (SSSR count). The Morgan fingerprint density at radius 3 is 2.62 bits per heavy atom. The molecule has 3 aromatic rings. The summed E-state index contributed by atoms with van der Waals surface area (Å²) in [6.07, 6.45) is 4.98. The maximum absolute atomic E-state index is 14.9. The predicted octanol–water partition coefficient (Wildman–Crippen LogP) is 4.52. The van der Waals surface area contributed by atoms with Crippen LogP contribution in [-0.4, -0.2) is 74.7 Å². The number of nitrogens with zero attached hydrogens (tertiary/aromatic N) is 6. The quantitative estimate of drug-likeness (QED) is 0.420. The number of carbonyl (C=O) groups excluding carboxylic acids is 2. The van der Waals surface area contributed by atoms with Gasteiger partial charge in [0.15, 0.2) is 5.82 Å². The van der Waals surface area contributed by atoms with Crippen molar-refractivity contribution in [3.63, 3.8) is 0 Å². The fraction of sp³-hybridized carbons (Fsp3) is 0.500. The maximum atomic E-state index is 14.9. The van der Waals surface area contributed by atoms with E-state index in [1.807, 2.05) is 20.8 Å². The third-order valence-electron chi connectivity index (χ3n) is 7.75. The largest absolute Gasteiger partial charge is 0.443 e. The van der Waals surface area contributed by atoms with Crippen LogP contribution in [-0.2, 0) is 18.2 Å². The summed E-state index contributed by atoms with van der Waals surface area (Å²) in [5.74, 6) is 0.171. The smallest absolute Gasteiger partial charge is 0.414 e. The van der Waals surface area contributed by atoms with Gasteiger partial charge in [-0.15, -0.1) is 0 Å². The molecule has 0 radical (unpaired) electrons. The van der Waals surface area contributed by atoms with Crippen LogP contribution in [0.4, 0.5) is 26.6 Å². The van der Waals surface area contributed by atoms with Crippen LogP contribution in [0.2, 0.25) is 0 Å². The molecule has 224 valence electrons. The Hall–Kier alpha value is -4.06. The van der Waals surface area contributed by atoms with E-state index in [4.69, 9.17) is 4.74 Å². The second-order valence-corrected chi connectivity index (χ2v) is 11.8. The minimum atomic E-state index is -0.630. The number of rotatable bonds is 7. The van der Waals surface area contributed by atoms with Gasteiger partial charge in [0.05, 0.1) is 29.3 Å². The summed E-state index contributed by atoms with van der Waals surface area (Å²) < 4.78 is 22.4. The molecule has 0 spiro atoms. The zero-order chi connectivity index (χ0) is 30.0. The monoisotopic (exact) mass is 578 g/mol. The Bertz CT molecular complexity index is 1440. The Morgan fingerprint density at radius 2 is 1.98 bits per heavy atom. The van der Waals surface area contributed by atoms with Gasteiger partial charge >= 0.3 is 6.09 Å². The summed E-state index contributed by atoms with van der Waals surface area (Å²) in [6, 6.07) is 5.18. The van der Waals surface area contributed by atoms with Crippen molar-refractivity contribution in [1.29, 1.82) is 0 Å². The van der Waals surface area contributed by atoms with Crippen LogP contribution < -0.4 is 15.5 Å². The van der Waals surface area contributed by atoms with Gasteiger partial charge in [-0.1, -0.05) is 6.92 Å². The van der Waals surface area contributed by atoms with Crippen molar-refractivity contribution in [3.8, 4) is 11.4 Å². The molecule has 11 nitrogen and oxygen atoms in total. The molecule has 1 saturated heterocycles. The predicted molar refractivity (Wildman–Crippen MR) is 158 cm³/mol. The molecule has 5 heterocycles. The van der Waals surface area contributed by atoms with Crippen molar-refractivity contribution in [3.05, 3.63) is 47.7 Å². The van der Waals surface area contributed by atoms with Gasteiger partial charge in [0, 0.05) is 32.3 Å². The fourth-order valence-electron chi connectivity index (χ4n) is 5.45. The molecular weight excluding hydrogens is 539 g/mol. The molecule has 2 amide bonds. The highest BCUT2D eigenvalue weighted by molar-refractivity contribution is 5.98. The molecule has 42 heavy (non-hydrogen) atoms. The molecule has 0 aromatic carbocycles. The number of fused-ring (bicyclic) bond motifs is 1. The second kappa shape index (κ2) is 12.0. The number of ether oxygens (including phenoxy) is 1. The van der Waals surface area contributed by atoms with E-state index in [2.05, 4.69) is 37.4 Å². The molecule has 0 aliphatic carbocycles. The van der Waals surface area contributed by atoms with Crippen molar-refractivity contribution in [2.75, 3.05) is 42.9 Å². The average molecular weight is 579 g/mol. The summed E-state index contributed by atoms with van der Waals surface area (Å²) in [5, 5.41) is 5.84. The van der Waals surface area contributed by atoms with Gasteiger partial charge in [0.25, 0.3) is 5.91 Å². The molecule has 0 saturated carbocycles. The number of aromatic nitrogens is 4. The SMILES string of the molecule is CCN1CCC(CN(C(=O)OC(C)(C)C)c2ccc(Nc3ncc(F)c(-c4cc5c(n4C)CCNC5=O)n3)nc2)CC1. The number of anilines is 3. The third-order valence-corrected chi connectivity index (χ3v) is 7.75. The Kier molecular flexibility index (Phi) is 8.44. The molecule has 2 N–H and O–H groups in total. The highest BCUT2D eigenvalue weighted by atomic mass is 19.1. The summed E-state index contributed by atoms with van der Waals surface area (Å²) >= 11 is 0. The number of hydrogen-bond donors (Lipinski definition) is 2.